The van der Waals surface area contributed by atoms with Gasteiger partial charge in [0, 0.05) is 23.9 Å². The van der Waals surface area contributed by atoms with Crippen LogP contribution in [0, 0.1) is 0 Å². The molecule has 2 N–H and O–H groups in total. The number of fused-ring (bicyclic) bond motifs is 1. The van der Waals surface area contributed by atoms with Crippen LogP contribution in [0.25, 0.3) is 10.6 Å². The maximum absolute atomic E-state index is 12.3. The maximum Gasteiger partial charge on any atom is 0.253 e. The predicted molar refractivity (Wildman–Crippen MR) is 81.5 cm³/mol. The summed E-state index contributed by atoms with van der Waals surface area (Å²) in [5.74, 6) is 0.429. The SMILES string of the molecule is C[C@@H]1CNC(=O)c2c(SC3CC3)sc(-c3cc[nH]n3)c21. The Balaban J connectivity index is 1.88. The topological polar surface area (TPSA) is 57.8 Å². The fraction of sp³-hybridized carbons (Fsp3) is 0.429. The van der Waals surface area contributed by atoms with Crippen LogP contribution in [0.3, 0.4) is 0 Å². The molecule has 0 radical (unpaired) electrons. The number of amides is 1. The molecule has 1 atom stereocenters. The quantitative estimate of drug-likeness (QED) is 0.915. The van der Waals surface area contributed by atoms with Crippen LogP contribution in [-0.2, 0) is 0 Å². The first-order chi connectivity index (χ1) is 9.74. The predicted octanol–water partition coefficient (Wildman–Crippen LogP) is 3.24. The van der Waals surface area contributed by atoms with Crippen molar-refractivity contribution in [3.05, 3.63) is 23.4 Å². The Morgan fingerprint density at radius 1 is 1.45 bits per heavy atom. The van der Waals surface area contributed by atoms with E-state index in [-0.39, 0.29) is 5.91 Å². The van der Waals surface area contributed by atoms with Gasteiger partial charge in [0.2, 0.25) is 0 Å². The molecule has 1 amide bonds. The van der Waals surface area contributed by atoms with Crippen LogP contribution in [0.2, 0.25) is 0 Å². The van der Waals surface area contributed by atoms with Crippen molar-refractivity contribution in [1.29, 1.82) is 0 Å². The summed E-state index contributed by atoms with van der Waals surface area (Å²) in [5, 5.41) is 10.9. The minimum Gasteiger partial charge on any atom is -0.351 e. The van der Waals surface area contributed by atoms with E-state index in [0.29, 0.717) is 17.7 Å². The highest BCUT2D eigenvalue weighted by atomic mass is 32.2. The van der Waals surface area contributed by atoms with Crippen LogP contribution >= 0.6 is 23.1 Å². The number of aromatic nitrogens is 2. The Morgan fingerprint density at radius 2 is 2.30 bits per heavy atom. The van der Waals surface area contributed by atoms with E-state index < -0.39 is 0 Å². The number of nitrogens with one attached hydrogen (secondary N) is 2. The zero-order chi connectivity index (χ0) is 13.7. The number of aromatic amines is 1. The van der Waals surface area contributed by atoms with Gasteiger partial charge in [-0.3, -0.25) is 9.89 Å². The third kappa shape index (κ3) is 1.98. The molecule has 0 saturated heterocycles. The Kier molecular flexibility index (Phi) is 2.89. The highest BCUT2D eigenvalue weighted by molar-refractivity contribution is 8.02. The van der Waals surface area contributed by atoms with Gasteiger partial charge in [0.05, 0.1) is 14.6 Å². The normalized spacial score (nSPS) is 21.6. The molecule has 1 aliphatic carbocycles. The van der Waals surface area contributed by atoms with Crippen LogP contribution in [0.4, 0.5) is 0 Å². The van der Waals surface area contributed by atoms with E-state index in [0.717, 1.165) is 16.1 Å². The minimum atomic E-state index is 0.0827. The molecule has 4 rings (SSSR count). The van der Waals surface area contributed by atoms with Gasteiger partial charge < -0.3 is 5.32 Å². The van der Waals surface area contributed by atoms with Crippen LogP contribution in [-0.4, -0.2) is 27.9 Å². The van der Waals surface area contributed by atoms with Gasteiger partial charge >= 0.3 is 0 Å². The standard InChI is InChI=1S/C14H15N3OS2/c1-7-6-15-13(18)11-10(7)12(9-4-5-16-17-9)20-14(11)19-8-2-3-8/h4-5,7-8H,2-3,6H2,1H3,(H,15,18)(H,16,17)/t7-/m1/s1. The van der Waals surface area contributed by atoms with E-state index in [2.05, 4.69) is 22.4 Å². The molecule has 4 nitrogen and oxygen atoms in total. The molecule has 0 unspecified atom stereocenters. The summed E-state index contributed by atoms with van der Waals surface area (Å²) in [7, 11) is 0. The fourth-order valence-electron chi connectivity index (χ4n) is 2.54. The van der Waals surface area contributed by atoms with Crippen LogP contribution < -0.4 is 5.32 Å². The number of H-pyrrole nitrogens is 1. The molecular formula is C14H15N3OS2. The zero-order valence-electron chi connectivity index (χ0n) is 11.1. The minimum absolute atomic E-state index is 0.0827. The number of hydrogen-bond acceptors (Lipinski definition) is 4. The second-order valence-electron chi connectivity index (χ2n) is 5.40. The Labute approximate surface area is 125 Å². The van der Waals surface area contributed by atoms with Crippen LogP contribution in [0.1, 0.15) is 41.6 Å². The van der Waals surface area contributed by atoms with Crippen molar-refractivity contribution < 1.29 is 4.79 Å². The highest BCUT2D eigenvalue weighted by Gasteiger charge is 2.34. The molecule has 0 spiro atoms. The van der Waals surface area contributed by atoms with Gasteiger partial charge in [-0.05, 0) is 24.5 Å². The highest BCUT2D eigenvalue weighted by Crippen LogP contribution is 2.50. The molecular weight excluding hydrogens is 290 g/mol. The van der Waals surface area contributed by atoms with Crippen molar-refractivity contribution in [3.8, 4) is 10.6 Å². The van der Waals surface area contributed by atoms with E-state index in [1.165, 1.54) is 22.6 Å². The number of nitrogens with zero attached hydrogens (tertiary/aromatic N) is 1. The average Bonchev–Trinajstić information content (AvgIpc) is 2.94. The summed E-state index contributed by atoms with van der Waals surface area (Å²) >= 11 is 3.60. The maximum atomic E-state index is 12.3. The monoisotopic (exact) mass is 305 g/mol. The van der Waals surface area contributed by atoms with E-state index >= 15 is 0 Å². The third-order valence-electron chi connectivity index (χ3n) is 3.73. The lowest BCUT2D eigenvalue weighted by Gasteiger charge is -2.21. The van der Waals surface area contributed by atoms with Gasteiger partial charge in [-0.1, -0.05) is 6.92 Å². The first kappa shape index (κ1) is 12.5. The van der Waals surface area contributed by atoms with Crippen molar-refractivity contribution in [1.82, 2.24) is 15.5 Å². The smallest absolute Gasteiger partial charge is 0.253 e. The summed E-state index contributed by atoms with van der Waals surface area (Å²) < 4.78 is 1.17. The van der Waals surface area contributed by atoms with Crippen LogP contribution in [0.15, 0.2) is 16.5 Å². The number of hydrogen-bond donors (Lipinski definition) is 2. The summed E-state index contributed by atoms with van der Waals surface area (Å²) in [6.07, 6.45) is 4.38. The van der Waals surface area contributed by atoms with Gasteiger partial charge in [-0.25, -0.2) is 0 Å². The van der Waals surface area contributed by atoms with E-state index in [4.69, 9.17) is 0 Å². The van der Waals surface area contributed by atoms with Gasteiger partial charge in [0.1, 0.15) is 5.69 Å². The van der Waals surface area contributed by atoms with Crippen molar-refractivity contribution in [2.75, 3.05) is 6.54 Å². The first-order valence-corrected chi connectivity index (χ1v) is 8.55. The van der Waals surface area contributed by atoms with Gasteiger partial charge in [0.15, 0.2) is 0 Å². The molecule has 104 valence electrons. The lowest BCUT2D eigenvalue weighted by molar-refractivity contribution is 0.0939. The molecule has 2 aromatic rings. The molecule has 0 aromatic carbocycles. The Bertz CT molecular complexity index is 658. The summed E-state index contributed by atoms with van der Waals surface area (Å²) in [6, 6.07) is 1.98. The first-order valence-electron chi connectivity index (χ1n) is 6.85. The van der Waals surface area contributed by atoms with Crippen molar-refractivity contribution in [2.24, 2.45) is 0 Å². The molecule has 6 heteroatoms. The molecule has 0 bridgehead atoms. The van der Waals surface area contributed by atoms with Gasteiger partial charge in [-0.15, -0.1) is 23.1 Å². The lowest BCUT2D eigenvalue weighted by Crippen LogP contribution is -2.33. The lowest BCUT2D eigenvalue weighted by atomic mass is 9.93. The van der Waals surface area contributed by atoms with E-state index in [1.54, 1.807) is 11.3 Å². The average molecular weight is 305 g/mol. The largest absolute Gasteiger partial charge is 0.351 e. The molecule has 2 aromatic heterocycles. The molecule has 2 aliphatic rings. The molecule has 1 fully saturated rings. The van der Waals surface area contributed by atoms with Gasteiger partial charge in [0.25, 0.3) is 5.91 Å². The Hall–Kier alpha value is -1.27. The second-order valence-corrected chi connectivity index (χ2v) is 7.98. The van der Waals surface area contributed by atoms with Crippen molar-refractivity contribution in [3.63, 3.8) is 0 Å². The molecule has 20 heavy (non-hydrogen) atoms. The molecule has 1 saturated carbocycles. The second kappa shape index (κ2) is 4.63. The van der Waals surface area contributed by atoms with E-state index in [1.807, 2.05) is 24.0 Å². The number of carbonyl (C=O) groups excluding carboxylic acids is 1. The van der Waals surface area contributed by atoms with Crippen molar-refractivity contribution >= 4 is 29.0 Å². The Morgan fingerprint density at radius 3 is 3.00 bits per heavy atom. The summed E-state index contributed by atoms with van der Waals surface area (Å²) in [4.78, 5) is 13.4. The number of carbonyl (C=O) groups is 1. The molecule has 3 heterocycles. The number of thiophene rings is 1. The third-order valence-corrected chi connectivity index (χ3v) is 6.52. The number of rotatable bonds is 3. The van der Waals surface area contributed by atoms with Gasteiger partial charge in [-0.2, -0.15) is 5.10 Å². The van der Waals surface area contributed by atoms with Crippen LogP contribution in [0.5, 0.6) is 0 Å². The van der Waals surface area contributed by atoms with E-state index in [9.17, 15) is 4.79 Å². The molecule has 1 aliphatic heterocycles. The fourth-order valence-corrected chi connectivity index (χ4v) is 5.51. The number of thioether (sulfide) groups is 1. The zero-order valence-corrected chi connectivity index (χ0v) is 12.7. The summed E-state index contributed by atoms with van der Waals surface area (Å²) in [5.41, 5.74) is 3.05. The summed E-state index contributed by atoms with van der Waals surface area (Å²) in [6.45, 7) is 2.89. The van der Waals surface area contributed by atoms with Crippen molar-refractivity contribution in [2.45, 2.75) is 35.1 Å².